The lowest BCUT2D eigenvalue weighted by Gasteiger charge is -2.06. The van der Waals surface area contributed by atoms with Crippen LogP contribution in [0.1, 0.15) is 27.2 Å². The number of Topliss-reactive ketones (excluding diaryl/α,β-unsaturated/α-hetero) is 1. The molecule has 0 aromatic rings. The number of ether oxygens (including phenoxy) is 1. The Bertz CT molecular complexity index is 216. The number of hydrogen-bond acceptors (Lipinski definition) is 3. The summed E-state index contributed by atoms with van der Waals surface area (Å²) in [6.07, 6.45) is 0.539. The third-order valence-corrected chi connectivity index (χ3v) is 1.44. The van der Waals surface area contributed by atoms with Crippen LogP contribution >= 0.6 is 0 Å². The number of carbonyl (C=O) groups excluding carboxylic acids is 2. The van der Waals surface area contributed by atoms with Gasteiger partial charge in [0.05, 0.1) is 6.61 Å². The summed E-state index contributed by atoms with van der Waals surface area (Å²) in [4.78, 5) is 22.1. The van der Waals surface area contributed by atoms with Crippen molar-refractivity contribution in [3.05, 3.63) is 12.2 Å². The Hall–Kier alpha value is -1.12. The van der Waals surface area contributed by atoms with Crippen molar-refractivity contribution >= 4 is 11.8 Å². The van der Waals surface area contributed by atoms with Crippen molar-refractivity contribution in [2.45, 2.75) is 27.2 Å². The van der Waals surface area contributed by atoms with Crippen molar-refractivity contribution in [3.63, 3.8) is 0 Å². The number of esters is 1. The van der Waals surface area contributed by atoms with Gasteiger partial charge in [-0.05, 0) is 19.3 Å². The summed E-state index contributed by atoms with van der Waals surface area (Å²) in [6, 6.07) is 0. The number of hydrogen-bond donors (Lipinski definition) is 0. The fraction of sp³-hybridized carbons (Fsp3) is 0.600. The summed E-state index contributed by atoms with van der Waals surface area (Å²) in [5.41, 5.74) is 0.327. The Morgan fingerprint density at radius 2 is 1.92 bits per heavy atom. The first-order valence-corrected chi connectivity index (χ1v) is 4.38. The first kappa shape index (κ1) is 11.9. The van der Waals surface area contributed by atoms with Crippen LogP contribution in [-0.2, 0) is 14.3 Å². The van der Waals surface area contributed by atoms with Gasteiger partial charge >= 0.3 is 5.97 Å². The molecule has 3 nitrogen and oxygen atoms in total. The molecule has 0 bridgehead atoms. The van der Waals surface area contributed by atoms with Gasteiger partial charge < -0.3 is 4.74 Å². The highest BCUT2D eigenvalue weighted by atomic mass is 16.5. The van der Waals surface area contributed by atoms with Crippen molar-refractivity contribution in [1.82, 2.24) is 0 Å². The maximum absolute atomic E-state index is 11.2. The highest BCUT2D eigenvalue weighted by Crippen LogP contribution is 2.09. The normalized spacial score (nSPS) is 9.85. The Kier molecular flexibility index (Phi) is 5.04. The standard InChI is InChI=1S/C10H16O3/c1-5-13-10(12)9(11)8(4)6-7(2)3/h7H,4-6H2,1-3H3. The monoisotopic (exact) mass is 184 g/mol. The molecule has 0 atom stereocenters. The molecule has 0 aliphatic rings. The summed E-state index contributed by atoms with van der Waals surface area (Å²) >= 11 is 0. The first-order chi connectivity index (χ1) is 5.99. The van der Waals surface area contributed by atoms with Gasteiger partial charge in [0, 0.05) is 5.57 Å². The maximum Gasteiger partial charge on any atom is 0.379 e. The van der Waals surface area contributed by atoms with Crippen molar-refractivity contribution in [3.8, 4) is 0 Å². The summed E-state index contributed by atoms with van der Waals surface area (Å²) < 4.78 is 4.56. The zero-order valence-electron chi connectivity index (χ0n) is 8.42. The molecule has 0 spiro atoms. The van der Waals surface area contributed by atoms with Gasteiger partial charge in [0.1, 0.15) is 0 Å². The minimum Gasteiger partial charge on any atom is -0.460 e. The molecule has 0 unspecified atom stereocenters. The molecule has 0 saturated heterocycles. The fourth-order valence-corrected chi connectivity index (χ4v) is 0.926. The largest absolute Gasteiger partial charge is 0.460 e. The molecule has 13 heavy (non-hydrogen) atoms. The molecule has 0 heterocycles. The predicted molar refractivity (Wildman–Crippen MR) is 50.2 cm³/mol. The Balaban J connectivity index is 4.10. The molecule has 0 saturated carbocycles. The minimum absolute atomic E-state index is 0.222. The van der Waals surface area contributed by atoms with Crippen molar-refractivity contribution in [2.24, 2.45) is 5.92 Å². The molecule has 0 fully saturated rings. The van der Waals surface area contributed by atoms with E-state index in [-0.39, 0.29) is 6.61 Å². The second-order valence-electron chi connectivity index (χ2n) is 3.25. The van der Waals surface area contributed by atoms with Crippen molar-refractivity contribution < 1.29 is 14.3 Å². The molecule has 0 rings (SSSR count). The van der Waals surface area contributed by atoms with Crippen LogP contribution in [-0.4, -0.2) is 18.4 Å². The van der Waals surface area contributed by atoms with Gasteiger partial charge in [0.2, 0.25) is 0 Å². The minimum atomic E-state index is -0.798. The molecular weight excluding hydrogens is 168 g/mol. The molecule has 74 valence electrons. The smallest absolute Gasteiger partial charge is 0.379 e. The van der Waals surface area contributed by atoms with Crippen molar-refractivity contribution in [2.75, 3.05) is 6.61 Å². The van der Waals surface area contributed by atoms with Crippen LogP contribution < -0.4 is 0 Å². The fourth-order valence-electron chi connectivity index (χ4n) is 0.926. The van der Waals surface area contributed by atoms with E-state index in [9.17, 15) is 9.59 Å². The lowest BCUT2D eigenvalue weighted by Crippen LogP contribution is -2.19. The van der Waals surface area contributed by atoms with Crippen LogP contribution in [0.5, 0.6) is 0 Å². The zero-order valence-corrected chi connectivity index (χ0v) is 8.42. The van der Waals surface area contributed by atoms with E-state index < -0.39 is 11.8 Å². The number of ketones is 1. The van der Waals surface area contributed by atoms with Gasteiger partial charge in [-0.3, -0.25) is 4.79 Å². The lowest BCUT2D eigenvalue weighted by atomic mass is 10.0. The molecule has 0 amide bonds. The summed E-state index contributed by atoms with van der Waals surface area (Å²) in [6.45, 7) is 9.36. The number of rotatable bonds is 5. The van der Waals surface area contributed by atoms with E-state index in [0.29, 0.717) is 17.9 Å². The third-order valence-electron chi connectivity index (χ3n) is 1.44. The van der Waals surface area contributed by atoms with Crippen LogP contribution in [0.3, 0.4) is 0 Å². The molecule has 0 aliphatic heterocycles. The second kappa shape index (κ2) is 5.51. The van der Waals surface area contributed by atoms with E-state index in [0.717, 1.165) is 0 Å². The second-order valence-corrected chi connectivity index (χ2v) is 3.25. The van der Waals surface area contributed by atoms with Gasteiger partial charge in [-0.2, -0.15) is 0 Å². The molecule has 0 radical (unpaired) electrons. The lowest BCUT2D eigenvalue weighted by molar-refractivity contribution is -0.151. The van der Waals surface area contributed by atoms with Crippen LogP contribution in [0.2, 0.25) is 0 Å². The van der Waals surface area contributed by atoms with Gasteiger partial charge in [-0.25, -0.2) is 4.79 Å². The molecular formula is C10H16O3. The molecule has 3 heteroatoms. The van der Waals surface area contributed by atoms with E-state index >= 15 is 0 Å². The SMILES string of the molecule is C=C(CC(C)C)C(=O)C(=O)OCC. The molecule has 0 N–H and O–H groups in total. The summed E-state index contributed by atoms with van der Waals surface area (Å²) in [7, 11) is 0. The Labute approximate surface area is 78.8 Å². The van der Waals surface area contributed by atoms with E-state index in [1.807, 2.05) is 13.8 Å². The van der Waals surface area contributed by atoms with Gasteiger partial charge in [0.15, 0.2) is 0 Å². The molecule has 0 aliphatic carbocycles. The highest BCUT2D eigenvalue weighted by Gasteiger charge is 2.18. The Morgan fingerprint density at radius 3 is 2.31 bits per heavy atom. The Morgan fingerprint density at radius 1 is 1.38 bits per heavy atom. The topological polar surface area (TPSA) is 43.4 Å². The quantitative estimate of drug-likeness (QED) is 0.371. The van der Waals surface area contributed by atoms with E-state index in [1.54, 1.807) is 6.92 Å². The highest BCUT2D eigenvalue weighted by molar-refractivity contribution is 6.40. The van der Waals surface area contributed by atoms with Crippen LogP contribution in [0, 0.1) is 5.92 Å². The zero-order chi connectivity index (χ0) is 10.4. The predicted octanol–water partition coefficient (Wildman–Crippen LogP) is 1.72. The third kappa shape index (κ3) is 4.45. The van der Waals surface area contributed by atoms with Crippen LogP contribution in [0.25, 0.3) is 0 Å². The van der Waals surface area contributed by atoms with Crippen LogP contribution in [0.15, 0.2) is 12.2 Å². The molecule has 0 aromatic carbocycles. The average Bonchev–Trinajstić information content (AvgIpc) is 2.02. The maximum atomic E-state index is 11.2. The van der Waals surface area contributed by atoms with E-state index in [2.05, 4.69) is 11.3 Å². The average molecular weight is 184 g/mol. The van der Waals surface area contributed by atoms with Gasteiger partial charge in [-0.15, -0.1) is 0 Å². The van der Waals surface area contributed by atoms with E-state index in [4.69, 9.17) is 0 Å². The summed E-state index contributed by atoms with van der Waals surface area (Å²) in [5, 5.41) is 0. The molecule has 0 aromatic heterocycles. The first-order valence-electron chi connectivity index (χ1n) is 4.38. The van der Waals surface area contributed by atoms with E-state index in [1.165, 1.54) is 0 Å². The van der Waals surface area contributed by atoms with Gasteiger partial charge in [0.25, 0.3) is 5.78 Å². The van der Waals surface area contributed by atoms with Crippen molar-refractivity contribution in [1.29, 1.82) is 0 Å². The summed E-state index contributed by atoms with van der Waals surface area (Å²) in [5.74, 6) is -1.07. The number of carbonyl (C=O) groups is 2. The van der Waals surface area contributed by atoms with Gasteiger partial charge in [-0.1, -0.05) is 20.4 Å². The van der Waals surface area contributed by atoms with Crippen LogP contribution in [0.4, 0.5) is 0 Å².